The van der Waals surface area contributed by atoms with E-state index in [1.54, 1.807) is 10.9 Å². The van der Waals surface area contributed by atoms with E-state index in [1.807, 2.05) is 31.2 Å². The average molecular weight is 422 g/mol. The van der Waals surface area contributed by atoms with Gasteiger partial charge in [-0.3, -0.25) is 9.78 Å². The number of Topliss-reactive ketones (excluding diaryl/α,β-unsaturated/α-hetero) is 1. The quantitative estimate of drug-likeness (QED) is 0.370. The number of nitrogens with zero attached hydrogens (tertiary/aromatic N) is 4. The van der Waals surface area contributed by atoms with Crippen LogP contribution < -0.4 is 4.74 Å². The van der Waals surface area contributed by atoms with Gasteiger partial charge in [0.2, 0.25) is 11.6 Å². The van der Waals surface area contributed by atoms with Crippen molar-refractivity contribution in [3.63, 3.8) is 0 Å². The normalized spacial score (nSPS) is 10.8. The molecule has 1 N–H and O–H groups in total. The van der Waals surface area contributed by atoms with Crippen molar-refractivity contribution in [2.45, 2.75) is 52.5 Å². The summed E-state index contributed by atoms with van der Waals surface area (Å²) >= 11 is 0. The number of hydrogen-bond acceptors (Lipinski definition) is 6. The van der Waals surface area contributed by atoms with Gasteiger partial charge in [0.25, 0.3) is 0 Å². The number of carbonyl (C=O) groups is 2. The molecule has 2 aromatic heterocycles. The molecule has 0 saturated heterocycles. The lowest BCUT2D eigenvalue weighted by atomic mass is 10.0. The number of ether oxygens (including phenoxy) is 1. The fourth-order valence-electron chi connectivity index (χ4n) is 3.22. The van der Waals surface area contributed by atoms with Gasteiger partial charge < -0.3 is 9.84 Å². The maximum absolute atomic E-state index is 12.2. The number of unbranched alkanes of at least 4 members (excludes halogenated alkanes) is 1. The molecule has 0 atom stereocenters. The van der Waals surface area contributed by atoms with Crippen LogP contribution >= 0.6 is 0 Å². The molecule has 0 saturated carbocycles. The summed E-state index contributed by atoms with van der Waals surface area (Å²) in [4.78, 5) is 31.7. The zero-order valence-corrected chi connectivity index (χ0v) is 17.7. The molecule has 0 radical (unpaired) electrons. The Balaban J connectivity index is 1.83. The van der Waals surface area contributed by atoms with Crippen LogP contribution in [0.15, 0.2) is 42.7 Å². The van der Waals surface area contributed by atoms with Crippen molar-refractivity contribution in [1.82, 2.24) is 19.7 Å². The van der Waals surface area contributed by atoms with Gasteiger partial charge in [0, 0.05) is 36.9 Å². The monoisotopic (exact) mass is 422 g/mol. The van der Waals surface area contributed by atoms with Crippen molar-refractivity contribution in [2.24, 2.45) is 0 Å². The summed E-state index contributed by atoms with van der Waals surface area (Å²) in [6.07, 6.45) is 5.67. The molecule has 0 bridgehead atoms. The summed E-state index contributed by atoms with van der Waals surface area (Å²) in [7, 11) is 0. The fourth-order valence-corrected chi connectivity index (χ4v) is 3.22. The van der Waals surface area contributed by atoms with Crippen LogP contribution in [0.25, 0.3) is 11.1 Å². The Bertz CT molecular complexity index is 1040. The molecule has 0 amide bonds. The average Bonchev–Trinajstić information content (AvgIpc) is 3.16. The van der Waals surface area contributed by atoms with Crippen LogP contribution in [0.5, 0.6) is 5.75 Å². The van der Waals surface area contributed by atoms with Crippen LogP contribution in [0, 0.1) is 0 Å². The fraction of sp³-hybridized carbons (Fsp3) is 0.348. The number of benzene rings is 1. The molecular formula is C23H26N4O4. The van der Waals surface area contributed by atoms with E-state index in [2.05, 4.69) is 22.0 Å². The zero-order valence-electron chi connectivity index (χ0n) is 17.7. The van der Waals surface area contributed by atoms with Crippen molar-refractivity contribution in [3.05, 3.63) is 59.9 Å². The van der Waals surface area contributed by atoms with E-state index in [9.17, 15) is 9.59 Å². The first kappa shape index (κ1) is 22.1. The number of carbonyl (C=O) groups excluding carboxylic acids is 1. The van der Waals surface area contributed by atoms with Crippen molar-refractivity contribution >= 4 is 11.9 Å². The van der Waals surface area contributed by atoms with Crippen molar-refractivity contribution in [3.8, 4) is 16.9 Å². The predicted octanol–water partition coefficient (Wildman–Crippen LogP) is 4.77. The van der Waals surface area contributed by atoms with Gasteiger partial charge in [0.15, 0.2) is 0 Å². The number of rotatable bonds is 10. The molecule has 31 heavy (non-hydrogen) atoms. The molecule has 0 aliphatic heterocycles. The lowest BCUT2D eigenvalue weighted by Gasteiger charge is -2.09. The van der Waals surface area contributed by atoms with E-state index in [0.717, 1.165) is 42.6 Å². The van der Waals surface area contributed by atoms with E-state index in [4.69, 9.17) is 9.84 Å². The molecule has 8 heteroatoms. The third kappa shape index (κ3) is 5.75. The largest absolute Gasteiger partial charge is 0.511 e. The first-order chi connectivity index (χ1) is 15.0. The minimum atomic E-state index is -1.37. The smallest absolute Gasteiger partial charge is 0.449 e. The van der Waals surface area contributed by atoms with Crippen LogP contribution in [-0.4, -0.2) is 36.8 Å². The molecule has 3 aromatic rings. The third-order valence-electron chi connectivity index (χ3n) is 4.80. The van der Waals surface area contributed by atoms with Crippen LogP contribution in [0.1, 0.15) is 61.5 Å². The van der Waals surface area contributed by atoms with Gasteiger partial charge in [-0.2, -0.15) is 0 Å². The third-order valence-corrected chi connectivity index (χ3v) is 4.80. The van der Waals surface area contributed by atoms with Gasteiger partial charge in [-0.05, 0) is 24.0 Å². The second-order valence-electron chi connectivity index (χ2n) is 7.22. The molecule has 8 nitrogen and oxygen atoms in total. The van der Waals surface area contributed by atoms with Gasteiger partial charge in [0.1, 0.15) is 11.6 Å². The van der Waals surface area contributed by atoms with Crippen LogP contribution in [-0.2, 0) is 13.0 Å². The highest BCUT2D eigenvalue weighted by atomic mass is 16.7. The highest BCUT2D eigenvalue weighted by Gasteiger charge is 2.16. The van der Waals surface area contributed by atoms with E-state index in [0.29, 0.717) is 18.5 Å². The predicted molar refractivity (Wildman–Crippen MR) is 115 cm³/mol. The Morgan fingerprint density at radius 3 is 2.55 bits per heavy atom. The van der Waals surface area contributed by atoms with Gasteiger partial charge in [-0.1, -0.05) is 44.5 Å². The maximum atomic E-state index is 12.2. The number of carboxylic acid groups (broad SMARTS) is 1. The Morgan fingerprint density at radius 2 is 1.87 bits per heavy atom. The number of pyridine rings is 1. The molecule has 0 aliphatic rings. The SMILES string of the molecule is CCCCc1nc(C(=O)CCC)nn1Cc1ccc(-c2cnccc2OC(=O)O)cc1. The van der Waals surface area contributed by atoms with Gasteiger partial charge in [-0.15, -0.1) is 5.10 Å². The molecular weight excluding hydrogens is 396 g/mol. The highest BCUT2D eigenvalue weighted by molar-refractivity contribution is 5.92. The number of aryl methyl sites for hydroxylation is 1. The number of aromatic nitrogens is 4. The van der Waals surface area contributed by atoms with Crippen molar-refractivity contribution in [2.75, 3.05) is 0 Å². The summed E-state index contributed by atoms with van der Waals surface area (Å²) < 4.78 is 6.65. The number of hydrogen-bond donors (Lipinski definition) is 1. The lowest BCUT2D eigenvalue weighted by molar-refractivity contribution is 0.0971. The van der Waals surface area contributed by atoms with E-state index >= 15 is 0 Å². The zero-order chi connectivity index (χ0) is 22.2. The summed E-state index contributed by atoms with van der Waals surface area (Å²) in [5.41, 5.74) is 2.37. The molecule has 0 spiro atoms. The minimum Gasteiger partial charge on any atom is -0.449 e. The topological polar surface area (TPSA) is 107 Å². The van der Waals surface area contributed by atoms with E-state index in [1.165, 1.54) is 12.3 Å². The number of ketones is 1. The Morgan fingerprint density at radius 1 is 1.10 bits per heavy atom. The summed E-state index contributed by atoms with van der Waals surface area (Å²) in [6, 6.07) is 9.15. The Labute approximate surface area is 180 Å². The van der Waals surface area contributed by atoms with Gasteiger partial charge in [-0.25, -0.2) is 14.5 Å². The van der Waals surface area contributed by atoms with Gasteiger partial charge in [0.05, 0.1) is 6.54 Å². The Kier molecular flexibility index (Phi) is 7.48. The van der Waals surface area contributed by atoms with Gasteiger partial charge >= 0.3 is 6.16 Å². The summed E-state index contributed by atoms with van der Waals surface area (Å²) in [6.45, 7) is 4.57. The van der Waals surface area contributed by atoms with Crippen LogP contribution in [0.2, 0.25) is 0 Å². The van der Waals surface area contributed by atoms with Crippen molar-refractivity contribution < 1.29 is 19.4 Å². The first-order valence-corrected chi connectivity index (χ1v) is 10.4. The molecule has 0 aliphatic carbocycles. The van der Waals surface area contributed by atoms with Crippen molar-refractivity contribution in [1.29, 1.82) is 0 Å². The second kappa shape index (κ2) is 10.5. The molecule has 1 aromatic carbocycles. The van der Waals surface area contributed by atoms with Crippen LogP contribution in [0.3, 0.4) is 0 Å². The first-order valence-electron chi connectivity index (χ1n) is 10.4. The minimum absolute atomic E-state index is 0.0307. The van der Waals surface area contributed by atoms with E-state index in [-0.39, 0.29) is 17.4 Å². The molecule has 162 valence electrons. The summed E-state index contributed by atoms with van der Waals surface area (Å²) in [5.74, 6) is 1.30. The lowest BCUT2D eigenvalue weighted by Crippen LogP contribution is -2.08. The summed E-state index contributed by atoms with van der Waals surface area (Å²) in [5, 5.41) is 13.4. The highest BCUT2D eigenvalue weighted by Crippen LogP contribution is 2.29. The Hall–Kier alpha value is -3.55. The molecule has 3 rings (SSSR count). The van der Waals surface area contributed by atoms with E-state index < -0.39 is 6.16 Å². The van der Waals surface area contributed by atoms with Crippen LogP contribution in [0.4, 0.5) is 4.79 Å². The maximum Gasteiger partial charge on any atom is 0.511 e. The second-order valence-corrected chi connectivity index (χ2v) is 7.22. The standard InChI is InChI=1S/C23H26N4O4/c1-3-5-7-21-25-22(19(28)6-4-2)26-27(21)15-16-8-10-17(11-9-16)18-14-24-13-12-20(18)31-23(29)30/h8-14H,3-7,15H2,1-2H3,(H,29,30). The molecule has 0 fully saturated rings. The molecule has 2 heterocycles. The molecule has 0 unspecified atom stereocenters.